The molecule has 2 N–H and O–H groups in total. The van der Waals surface area contributed by atoms with Crippen molar-refractivity contribution >= 4 is 23.0 Å². The van der Waals surface area contributed by atoms with E-state index in [1.54, 1.807) is 0 Å². The van der Waals surface area contributed by atoms with E-state index < -0.39 is 0 Å². The van der Waals surface area contributed by atoms with Gasteiger partial charge in [-0.15, -0.1) is 0 Å². The lowest BCUT2D eigenvalue weighted by Gasteiger charge is -2.22. The molecule has 2 aromatic rings. The van der Waals surface area contributed by atoms with Gasteiger partial charge < -0.3 is 15.5 Å². The summed E-state index contributed by atoms with van der Waals surface area (Å²) in [5.74, 6) is 0.0788. The van der Waals surface area contributed by atoms with Crippen molar-refractivity contribution in [3.05, 3.63) is 53.6 Å². The molecule has 0 saturated carbocycles. The fraction of sp³-hybridized carbons (Fsp3) is 0.235. The van der Waals surface area contributed by atoms with Crippen LogP contribution in [-0.2, 0) is 6.42 Å². The molecule has 0 radical (unpaired) electrons. The van der Waals surface area contributed by atoms with Gasteiger partial charge in [-0.05, 0) is 36.2 Å². The third-order valence-corrected chi connectivity index (χ3v) is 4.15. The number of nitrogens with one attached hydrogen (secondary N) is 2. The van der Waals surface area contributed by atoms with Crippen LogP contribution >= 0.6 is 0 Å². The van der Waals surface area contributed by atoms with E-state index in [0.717, 1.165) is 48.7 Å². The van der Waals surface area contributed by atoms with Crippen LogP contribution < -0.4 is 15.5 Å². The van der Waals surface area contributed by atoms with E-state index in [1.165, 1.54) is 5.56 Å². The number of hydrogen-bond donors (Lipinski definition) is 2. The molecule has 0 spiro atoms. The molecule has 2 aliphatic heterocycles. The third-order valence-electron chi connectivity index (χ3n) is 4.15. The molecule has 0 unspecified atom stereocenters. The minimum Gasteiger partial charge on any atom is -0.382 e. The third kappa shape index (κ3) is 2.03. The molecule has 4 nitrogen and oxygen atoms in total. The summed E-state index contributed by atoms with van der Waals surface area (Å²) < 4.78 is 0. The zero-order valence-electron chi connectivity index (χ0n) is 11.7. The van der Waals surface area contributed by atoms with Crippen LogP contribution in [0.5, 0.6) is 0 Å². The van der Waals surface area contributed by atoms with Crippen molar-refractivity contribution in [3.8, 4) is 0 Å². The SMILES string of the molecule is O=C(c1ccc2c(c1)NCCN2)N1CCc2ccccc21. The molecule has 1 amide bonds. The van der Waals surface area contributed by atoms with Crippen LogP contribution in [0.4, 0.5) is 17.1 Å². The Hall–Kier alpha value is -2.49. The van der Waals surface area contributed by atoms with Gasteiger partial charge in [0, 0.05) is 30.9 Å². The molecule has 0 atom stereocenters. The number of nitrogens with zero attached hydrogens (tertiary/aromatic N) is 1. The summed E-state index contributed by atoms with van der Waals surface area (Å²) >= 11 is 0. The summed E-state index contributed by atoms with van der Waals surface area (Å²) in [6.07, 6.45) is 0.937. The molecule has 21 heavy (non-hydrogen) atoms. The van der Waals surface area contributed by atoms with Crippen LogP contribution in [0.1, 0.15) is 15.9 Å². The average molecular weight is 279 g/mol. The summed E-state index contributed by atoms with van der Waals surface area (Å²) in [4.78, 5) is 14.7. The molecule has 0 aliphatic carbocycles. The minimum atomic E-state index is 0.0788. The van der Waals surface area contributed by atoms with Crippen LogP contribution in [0.3, 0.4) is 0 Å². The predicted molar refractivity (Wildman–Crippen MR) is 85.2 cm³/mol. The van der Waals surface area contributed by atoms with Gasteiger partial charge in [0.1, 0.15) is 0 Å². The Balaban J connectivity index is 1.67. The van der Waals surface area contributed by atoms with E-state index in [9.17, 15) is 4.79 Å². The fourth-order valence-corrected chi connectivity index (χ4v) is 3.08. The lowest BCUT2D eigenvalue weighted by atomic mass is 10.1. The van der Waals surface area contributed by atoms with E-state index in [-0.39, 0.29) is 5.91 Å². The first kappa shape index (κ1) is 12.3. The molecule has 0 saturated heterocycles. The van der Waals surface area contributed by atoms with Gasteiger partial charge in [-0.1, -0.05) is 18.2 Å². The second-order valence-electron chi connectivity index (χ2n) is 5.45. The van der Waals surface area contributed by atoms with E-state index >= 15 is 0 Å². The van der Waals surface area contributed by atoms with Crippen molar-refractivity contribution in [3.63, 3.8) is 0 Å². The largest absolute Gasteiger partial charge is 0.382 e. The number of amides is 1. The second-order valence-corrected chi connectivity index (χ2v) is 5.45. The van der Waals surface area contributed by atoms with Gasteiger partial charge in [-0.3, -0.25) is 4.79 Å². The summed E-state index contributed by atoms with van der Waals surface area (Å²) in [5, 5.41) is 6.66. The van der Waals surface area contributed by atoms with Gasteiger partial charge in [0.25, 0.3) is 5.91 Å². The highest BCUT2D eigenvalue weighted by Gasteiger charge is 2.25. The maximum absolute atomic E-state index is 12.8. The number of fused-ring (bicyclic) bond motifs is 2. The van der Waals surface area contributed by atoms with Crippen LogP contribution in [-0.4, -0.2) is 25.5 Å². The Kier molecular flexibility index (Phi) is 2.81. The Labute approximate surface area is 123 Å². The molecule has 2 aromatic carbocycles. The Morgan fingerprint density at radius 1 is 1.00 bits per heavy atom. The monoisotopic (exact) mass is 279 g/mol. The first-order valence-electron chi connectivity index (χ1n) is 7.34. The van der Waals surface area contributed by atoms with Crippen LogP contribution in [0, 0.1) is 0 Å². The van der Waals surface area contributed by atoms with Gasteiger partial charge >= 0.3 is 0 Å². The molecular formula is C17H17N3O. The quantitative estimate of drug-likeness (QED) is 0.843. The Morgan fingerprint density at radius 3 is 2.71 bits per heavy atom. The standard InChI is InChI=1S/C17H17N3O/c21-17(20-10-7-12-3-1-2-4-16(12)20)13-5-6-14-15(11-13)19-9-8-18-14/h1-6,11,18-19H,7-10H2. The number of hydrogen-bond acceptors (Lipinski definition) is 3. The number of benzene rings is 2. The average Bonchev–Trinajstić information content (AvgIpc) is 2.98. The highest BCUT2D eigenvalue weighted by molar-refractivity contribution is 6.08. The second kappa shape index (κ2) is 4.81. The Bertz CT molecular complexity index is 711. The highest BCUT2D eigenvalue weighted by Crippen LogP contribution is 2.31. The molecule has 2 aliphatic rings. The number of carbonyl (C=O) groups excluding carboxylic acids is 1. The normalized spacial score (nSPS) is 15.7. The molecular weight excluding hydrogens is 262 g/mol. The predicted octanol–water partition coefficient (Wildman–Crippen LogP) is 2.73. The Morgan fingerprint density at radius 2 is 1.81 bits per heavy atom. The lowest BCUT2D eigenvalue weighted by Crippen LogP contribution is -2.29. The zero-order valence-corrected chi connectivity index (χ0v) is 11.7. The first-order valence-corrected chi connectivity index (χ1v) is 7.34. The maximum atomic E-state index is 12.8. The number of carbonyl (C=O) groups is 1. The topological polar surface area (TPSA) is 44.4 Å². The number of rotatable bonds is 1. The van der Waals surface area contributed by atoms with E-state index in [0.29, 0.717) is 0 Å². The van der Waals surface area contributed by atoms with Crippen molar-refractivity contribution in [2.75, 3.05) is 35.2 Å². The van der Waals surface area contributed by atoms with E-state index in [4.69, 9.17) is 0 Å². The molecule has 0 fully saturated rings. The van der Waals surface area contributed by atoms with Gasteiger partial charge in [0.15, 0.2) is 0 Å². The highest BCUT2D eigenvalue weighted by atomic mass is 16.2. The molecule has 4 rings (SSSR count). The molecule has 106 valence electrons. The zero-order chi connectivity index (χ0) is 14.2. The minimum absolute atomic E-state index is 0.0788. The van der Waals surface area contributed by atoms with Crippen molar-refractivity contribution in [1.29, 1.82) is 0 Å². The number of para-hydroxylation sites is 1. The van der Waals surface area contributed by atoms with Crippen LogP contribution in [0.15, 0.2) is 42.5 Å². The van der Waals surface area contributed by atoms with Crippen LogP contribution in [0.2, 0.25) is 0 Å². The van der Waals surface area contributed by atoms with Crippen molar-refractivity contribution in [2.24, 2.45) is 0 Å². The molecule has 4 heteroatoms. The van der Waals surface area contributed by atoms with Crippen molar-refractivity contribution in [2.45, 2.75) is 6.42 Å². The lowest BCUT2D eigenvalue weighted by molar-refractivity contribution is 0.0989. The van der Waals surface area contributed by atoms with Gasteiger partial charge in [0.2, 0.25) is 0 Å². The summed E-state index contributed by atoms with van der Waals surface area (Å²) in [6.45, 7) is 2.57. The van der Waals surface area contributed by atoms with Crippen LogP contribution in [0.25, 0.3) is 0 Å². The fourth-order valence-electron chi connectivity index (χ4n) is 3.08. The molecule has 0 bridgehead atoms. The summed E-state index contributed by atoms with van der Waals surface area (Å²) in [7, 11) is 0. The van der Waals surface area contributed by atoms with Gasteiger partial charge in [-0.2, -0.15) is 0 Å². The van der Waals surface area contributed by atoms with Gasteiger partial charge in [0.05, 0.1) is 11.4 Å². The summed E-state index contributed by atoms with van der Waals surface area (Å²) in [6, 6.07) is 14.0. The first-order chi connectivity index (χ1) is 10.3. The van der Waals surface area contributed by atoms with E-state index in [2.05, 4.69) is 16.7 Å². The van der Waals surface area contributed by atoms with Crippen molar-refractivity contribution < 1.29 is 4.79 Å². The molecule has 2 heterocycles. The maximum Gasteiger partial charge on any atom is 0.258 e. The molecule has 0 aromatic heterocycles. The van der Waals surface area contributed by atoms with Crippen molar-refractivity contribution in [1.82, 2.24) is 0 Å². The smallest absolute Gasteiger partial charge is 0.258 e. The van der Waals surface area contributed by atoms with Gasteiger partial charge in [-0.25, -0.2) is 0 Å². The van der Waals surface area contributed by atoms with E-state index in [1.807, 2.05) is 41.3 Å². The number of anilines is 3. The summed E-state index contributed by atoms with van der Waals surface area (Å²) in [5.41, 5.74) is 5.12.